The van der Waals surface area contributed by atoms with Crippen LogP contribution < -0.4 is 10.5 Å². The summed E-state index contributed by atoms with van der Waals surface area (Å²) >= 11 is 0. The third-order valence-electron chi connectivity index (χ3n) is 3.19. The number of aromatic nitrogens is 1. The molecular formula is C16H21N3O. The lowest BCUT2D eigenvalue weighted by Gasteiger charge is -2.21. The van der Waals surface area contributed by atoms with E-state index in [2.05, 4.69) is 16.9 Å². The van der Waals surface area contributed by atoms with Gasteiger partial charge in [0.1, 0.15) is 5.75 Å². The Balaban J connectivity index is 1.94. The van der Waals surface area contributed by atoms with Gasteiger partial charge in [-0.05, 0) is 36.9 Å². The minimum atomic E-state index is -0.0428. The number of pyridine rings is 1. The first-order chi connectivity index (χ1) is 9.69. The second-order valence-corrected chi connectivity index (χ2v) is 4.90. The molecule has 0 aliphatic carbocycles. The van der Waals surface area contributed by atoms with Gasteiger partial charge in [-0.2, -0.15) is 0 Å². The average Bonchev–Trinajstić information content (AvgIpc) is 2.48. The molecule has 4 nitrogen and oxygen atoms in total. The molecule has 106 valence electrons. The number of hydrogen-bond acceptors (Lipinski definition) is 4. The molecule has 1 atom stereocenters. The summed E-state index contributed by atoms with van der Waals surface area (Å²) < 4.78 is 5.23. The maximum atomic E-state index is 6.26. The van der Waals surface area contributed by atoms with Gasteiger partial charge in [0.15, 0.2) is 0 Å². The Hall–Kier alpha value is -1.91. The van der Waals surface area contributed by atoms with E-state index in [1.807, 2.05) is 48.7 Å². The molecule has 2 aromatic rings. The number of hydrogen-bond donors (Lipinski definition) is 1. The summed E-state index contributed by atoms with van der Waals surface area (Å²) in [6, 6.07) is 13.8. The van der Waals surface area contributed by atoms with Crippen LogP contribution in [0.15, 0.2) is 48.7 Å². The Morgan fingerprint density at radius 2 is 2.10 bits per heavy atom. The molecule has 20 heavy (non-hydrogen) atoms. The summed E-state index contributed by atoms with van der Waals surface area (Å²) in [6.07, 6.45) is 1.81. The lowest BCUT2D eigenvalue weighted by Crippen LogP contribution is -2.29. The SMILES string of the molecule is COc1cccc(C(N)CN(C)Cc2ccccn2)c1. The number of rotatable bonds is 6. The zero-order chi connectivity index (χ0) is 14.4. The number of likely N-dealkylation sites (N-methyl/N-ethyl adjacent to an activating group) is 1. The third kappa shape index (κ3) is 4.05. The molecule has 0 radical (unpaired) electrons. The topological polar surface area (TPSA) is 51.4 Å². The molecule has 1 heterocycles. The van der Waals surface area contributed by atoms with Gasteiger partial charge >= 0.3 is 0 Å². The van der Waals surface area contributed by atoms with Crippen LogP contribution in [-0.2, 0) is 6.54 Å². The minimum absolute atomic E-state index is 0.0428. The normalized spacial score (nSPS) is 12.4. The quantitative estimate of drug-likeness (QED) is 0.875. The van der Waals surface area contributed by atoms with Crippen molar-refractivity contribution in [3.63, 3.8) is 0 Å². The van der Waals surface area contributed by atoms with E-state index in [4.69, 9.17) is 10.5 Å². The number of benzene rings is 1. The van der Waals surface area contributed by atoms with Crippen molar-refractivity contribution in [3.8, 4) is 5.75 Å². The number of methoxy groups -OCH3 is 1. The van der Waals surface area contributed by atoms with Crippen molar-refractivity contribution < 1.29 is 4.74 Å². The Morgan fingerprint density at radius 1 is 1.25 bits per heavy atom. The smallest absolute Gasteiger partial charge is 0.119 e. The highest BCUT2D eigenvalue weighted by molar-refractivity contribution is 5.30. The summed E-state index contributed by atoms with van der Waals surface area (Å²) in [5, 5.41) is 0. The first kappa shape index (κ1) is 14.5. The van der Waals surface area contributed by atoms with E-state index < -0.39 is 0 Å². The number of nitrogens with two attached hydrogens (primary N) is 1. The highest BCUT2D eigenvalue weighted by Crippen LogP contribution is 2.18. The fourth-order valence-corrected chi connectivity index (χ4v) is 2.15. The second-order valence-electron chi connectivity index (χ2n) is 4.90. The molecule has 0 saturated heterocycles. The van der Waals surface area contributed by atoms with Crippen LogP contribution >= 0.6 is 0 Å². The predicted molar refractivity (Wildman–Crippen MR) is 80.5 cm³/mol. The van der Waals surface area contributed by atoms with E-state index in [1.54, 1.807) is 7.11 Å². The minimum Gasteiger partial charge on any atom is -0.497 e. The second kappa shape index (κ2) is 7.03. The molecule has 0 aliphatic rings. The summed E-state index contributed by atoms with van der Waals surface area (Å²) in [5.74, 6) is 0.838. The van der Waals surface area contributed by atoms with Crippen molar-refractivity contribution in [2.45, 2.75) is 12.6 Å². The molecule has 2 rings (SSSR count). The Bertz CT molecular complexity index is 530. The van der Waals surface area contributed by atoms with Crippen LogP contribution in [0.25, 0.3) is 0 Å². The van der Waals surface area contributed by atoms with E-state index in [-0.39, 0.29) is 6.04 Å². The van der Waals surface area contributed by atoms with Crippen LogP contribution in [-0.4, -0.2) is 30.6 Å². The van der Waals surface area contributed by atoms with Crippen LogP contribution in [0.5, 0.6) is 5.75 Å². The third-order valence-corrected chi connectivity index (χ3v) is 3.19. The Kier molecular flexibility index (Phi) is 5.09. The summed E-state index contributed by atoms with van der Waals surface area (Å²) in [6.45, 7) is 1.56. The molecular weight excluding hydrogens is 250 g/mol. The molecule has 0 spiro atoms. The molecule has 1 aromatic heterocycles. The summed E-state index contributed by atoms with van der Waals surface area (Å²) in [5.41, 5.74) is 8.39. The van der Waals surface area contributed by atoms with Gasteiger partial charge in [-0.1, -0.05) is 18.2 Å². The largest absolute Gasteiger partial charge is 0.497 e. The Morgan fingerprint density at radius 3 is 2.80 bits per heavy atom. The molecule has 1 aromatic carbocycles. The van der Waals surface area contributed by atoms with E-state index in [0.29, 0.717) is 0 Å². The molecule has 0 fully saturated rings. The van der Waals surface area contributed by atoms with Crippen molar-refractivity contribution in [1.82, 2.24) is 9.88 Å². The predicted octanol–water partition coefficient (Wildman–Crippen LogP) is 2.22. The Labute approximate surface area is 120 Å². The molecule has 0 aliphatic heterocycles. The first-order valence-electron chi connectivity index (χ1n) is 6.67. The van der Waals surface area contributed by atoms with Crippen LogP contribution in [0.3, 0.4) is 0 Å². The first-order valence-corrected chi connectivity index (χ1v) is 6.67. The maximum Gasteiger partial charge on any atom is 0.119 e. The van der Waals surface area contributed by atoms with Crippen LogP contribution in [0.4, 0.5) is 0 Å². The maximum absolute atomic E-state index is 6.26. The standard InChI is InChI=1S/C16H21N3O/c1-19(11-14-7-3-4-9-18-14)12-16(17)13-6-5-8-15(10-13)20-2/h3-10,16H,11-12,17H2,1-2H3. The van der Waals surface area contributed by atoms with Crippen LogP contribution in [0, 0.1) is 0 Å². The van der Waals surface area contributed by atoms with Crippen molar-refractivity contribution in [1.29, 1.82) is 0 Å². The van der Waals surface area contributed by atoms with Gasteiger partial charge in [0.2, 0.25) is 0 Å². The van der Waals surface area contributed by atoms with Crippen molar-refractivity contribution >= 4 is 0 Å². The van der Waals surface area contributed by atoms with Crippen molar-refractivity contribution in [2.24, 2.45) is 5.73 Å². The van der Waals surface area contributed by atoms with Gasteiger partial charge in [0, 0.05) is 25.3 Å². The molecule has 0 bridgehead atoms. The van der Waals surface area contributed by atoms with Crippen molar-refractivity contribution in [3.05, 3.63) is 59.9 Å². The van der Waals surface area contributed by atoms with Gasteiger partial charge in [0.05, 0.1) is 12.8 Å². The van der Waals surface area contributed by atoms with E-state index in [0.717, 1.165) is 30.1 Å². The fraction of sp³-hybridized carbons (Fsp3) is 0.312. The highest BCUT2D eigenvalue weighted by atomic mass is 16.5. The summed E-state index contributed by atoms with van der Waals surface area (Å²) in [7, 11) is 3.71. The summed E-state index contributed by atoms with van der Waals surface area (Å²) in [4.78, 5) is 6.50. The monoisotopic (exact) mass is 271 g/mol. The van der Waals surface area contributed by atoms with E-state index in [1.165, 1.54) is 0 Å². The molecule has 0 saturated carbocycles. The molecule has 0 amide bonds. The van der Waals surface area contributed by atoms with E-state index in [9.17, 15) is 0 Å². The number of nitrogens with zero attached hydrogens (tertiary/aromatic N) is 2. The van der Waals surface area contributed by atoms with Crippen LogP contribution in [0.1, 0.15) is 17.3 Å². The lowest BCUT2D eigenvalue weighted by molar-refractivity contribution is 0.301. The van der Waals surface area contributed by atoms with Gasteiger partial charge in [-0.3, -0.25) is 9.88 Å². The lowest BCUT2D eigenvalue weighted by atomic mass is 10.1. The van der Waals surface area contributed by atoms with Crippen LogP contribution in [0.2, 0.25) is 0 Å². The van der Waals surface area contributed by atoms with Gasteiger partial charge in [-0.25, -0.2) is 0 Å². The molecule has 2 N–H and O–H groups in total. The molecule has 4 heteroatoms. The van der Waals surface area contributed by atoms with Crippen molar-refractivity contribution in [2.75, 3.05) is 20.7 Å². The average molecular weight is 271 g/mol. The fourth-order valence-electron chi connectivity index (χ4n) is 2.15. The zero-order valence-corrected chi connectivity index (χ0v) is 12.0. The van der Waals surface area contributed by atoms with Gasteiger partial charge in [0.25, 0.3) is 0 Å². The molecule has 1 unspecified atom stereocenters. The zero-order valence-electron chi connectivity index (χ0n) is 12.0. The van der Waals surface area contributed by atoms with Gasteiger partial charge in [-0.15, -0.1) is 0 Å². The number of ether oxygens (including phenoxy) is 1. The van der Waals surface area contributed by atoms with E-state index >= 15 is 0 Å². The van der Waals surface area contributed by atoms with Gasteiger partial charge < -0.3 is 10.5 Å². The highest BCUT2D eigenvalue weighted by Gasteiger charge is 2.10.